The van der Waals surface area contributed by atoms with Crippen molar-refractivity contribution in [2.45, 2.75) is 26.8 Å². The number of hydrogen-bond donors (Lipinski definition) is 0. The highest BCUT2D eigenvalue weighted by Crippen LogP contribution is 2.24. The van der Waals surface area contributed by atoms with Gasteiger partial charge in [-0.2, -0.15) is 5.26 Å². The van der Waals surface area contributed by atoms with Gasteiger partial charge in [0.15, 0.2) is 0 Å². The lowest BCUT2D eigenvalue weighted by molar-refractivity contribution is -0.119. The number of amides is 1. The summed E-state index contributed by atoms with van der Waals surface area (Å²) in [6, 6.07) is 10.7. The molecule has 0 radical (unpaired) electrons. The average Bonchev–Trinajstić information content (AvgIpc) is 2.67. The highest BCUT2D eigenvalue weighted by atomic mass is 35.5. The lowest BCUT2D eigenvalue weighted by atomic mass is 10.1. The summed E-state index contributed by atoms with van der Waals surface area (Å²) in [5.74, 6) is -0.320. The van der Waals surface area contributed by atoms with Crippen LogP contribution in [0.1, 0.15) is 17.5 Å². The van der Waals surface area contributed by atoms with Gasteiger partial charge in [-0.15, -0.1) is 0 Å². The SMILES string of the molecule is Cc1ccc(N(CCC#N)C(=O)Cn2cnc3c(Cl)cc(Cl)cc3c2=O)cc1C. The summed E-state index contributed by atoms with van der Waals surface area (Å²) in [5, 5.41) is 9.80. The minimum absolute atomic E-state index is 0.175. The molecule has 0 aliphatic rings. The van der Waals surface area contributed by atoms with Gasteiger partial charge < -0.3 is 4.90 Å². The summed E-state index contributed by atoms with van der Waals surface area (Å²) in [6.07, 6.45) is 1.47. The van der Waals surface area contributed by atoms with E-state index in [0.717, 1.165) is 11.1 Å². The number of carbonyl (C=O) groups is 1. The zero-order valence-corrected chi connectivity index (χ0v) is 17.5. The Morgan fingerprint density at radius 3 is 2.66 bits per heavy atom. The third-order valence-corrected chi connectivity index (χ3v) is 5.21. The molecule has 3 aromatic rings. The molecule has 29 heavy (non-hydrogen) atoms. The molecule has 3 rings (SSSR count). The van der Waals surface area contributed by atoms with Crippen molar-refractivity contribution in [3.05, 3.63) is 68.2 Å². The molecule has 2 aromatic carbocycles. The van der Waals surface area contributed by atoms with Crippen LogP contribution in [0.3, 0.4) is 0 Å². The third-order valence-electron chi connectivity index (χ3n) is 4.70. The van der Waals surface area contributed by atoms with Crippen molar-refractivity contribution in [3.63, 3.8) is 0 Å². The fourth-order valence-electron chi connectivity index (χ4n) is 2.99. The molecule has 0 bridgehead atoms. The maximum atomic E-state index is 13.0. The van der Waals surface area contributed by atoms with Crippen LogP contribution in [-0.2, 0) is 11.3 Å². The second-order valence-electron chi connectivity index (χ2n) is 6.68. The highest BCUT2D eigenvalue weighted by Gasteiger charge is 2.18. The van der Waals surface area contributed by atoms with Gasteiger partial charge in [0.2, 0.25) is 5.91 Å². The summed E-state index contributed by atoms with van der Waals surface area (Å²) < 4.78 is 1.22. The molecule has 1 amide bonds. The van der Waals surface area contributed by atoms with Crippen LogP contribution in [0.5, 0.6) is 0 Å². The molecule has 0 aliphatic heterocycles. The molecule has 0 saturated heterocycles. The smallest absolute Gasteiger partial charge is 0.261 e. The number of anilines is 1. The Morgan fingerprint density at radius 2 is 1.97 bits per heavy atom. The van der Waals surface area contributed by atoms with Gasteiger partial charge in [0.25, 0.3) is 5.56 Å². The van der Waals surface area contributed by atoms with Gasteiger partial charge in [-0.05, 0) is 49.2 Å². The standard InChI is InChI=1S/C21H18Cl2N4O2/c1-13-4-5-16(8-14(13)2)27(7-3-6-24)19(28)11-26-12-25-20-17(21(26)29)9-15(22)10-18(20)23/h4-5,8-10,12H,3,7,11H2,1-2H3. The van der Waals surface area contributed by atoms with Gasteiger partial charge in [0.05, 0.1) is 34.7 Å². The molecular formula is C21H18Cl2N4O2. The van der Waals surface area contributed by atoms with Crippen LogP contribution in [0.4, 0.5) is 5.69 Å². The molecule has 148 valence electrons. The normalized spacial score (nSPS) is 10.7. The summed E-state index contributed by atoms with van der Waals surface area (Å²) in [7, 11) is 0. The Labute approximate surface area is 177 Å². The molecule has 0 atom stereocenters. The molecule has 0 N–H and O–H groups in total. The Morgan fingerprint density at radius 1 is 1.21 bits per heavy atom. The van der Waals surface area contributed by atoms with E-state index in [1.807, 2.05) is 32.0 Å². The number of aryl methyl sites for hydroxylation is 2. The third kappa shape index (κ3) is 4.42. The average molecular weight is 429 g/mol. The van der Waals surface area contributed by atoms with Crippen molar-refractivity contribution >= 4 is 45.7 Å². The van der Waals surface area contributed by atoms with Crippen LogP contribution in [0.2, 0.25) is 10.0 Å². The van der Waals surface area contributed by atoms with Gasteiger partial charge >= 0.3 is 0 Å². The lowest BCUT2D eigenvalue weighted by Gasteiger charge is -2.23. The monoisotopic (exact) mass is 428 g/mol. The molecule has 0 fully saturated rings. The van der Waals surface area contributed by atoms with Crippen molar-refractivity contribution in [1.82, 2.24) is 9.55 Å². The van der Waals surface area contributed by atoms with Gasteiger partial charge in [-0.25, -0.2) is 4.98 Å². The van der Waals surface area contributed by atoms with E-state index >= 15 is 0 Å². The van der Waals surface area contributed by atoms with E-state index in [4.69, 9.17) is 28.5 Å². The van der Waals surface area contributed by atoms with Crippen LogP contribution in [0.25, 0.3) is 10.9 Å². The van der Waals surface area contributed by atoms with Gasteiger partial charge in [0.1, 0.15) is 6.54 Å². The van der Waals surface area contributed by atoms with Crippen molar-refractivity contribution in [1.29, 1.82) is 5.26 Å². The molecule has 0 spiro atoms. The molecule has 6 nitrogen and oxygen atoms in total. The van der Waals surface area contributed by atoms with Crippen molar-refractivity contribution in [3.8, 4) is 6.07 Å². The summed E-state index contributed by atoms with van der Waals surface area (Å²) >= 11 is 12.1. The number of hydrogen-bond acceptors (Lipinski definition) is 4. The minimum Gasteiger partial charge on any atom is -0.310 e. The van der Waals surface area contributed by atoms with E-state index in [9.17, 15) is 9.59 Å². The largest absolute Gasteiger partial charge is 0.310 e. The van der Waals surface area contributed by atoms with Crippen LogP contribution >= 0.6 is 23.2 Å². The number of rotatable bonds is 5. The molecule has 8 heteroatoms. The van der Waals surface area contributed by atoms with Crippen LogP contribution in [-0.4, -0.2) is 22.0 Å². The second kappa shape index (κ2) is 8.64. The maximum absolute atomic E-state index is 13.0. The second-order valence-corrected chi connectivity index (χ2v) is 7.53. The minimum atomic E-state index is -0.409. The van der Waals surface area contributed by atoms with E-state index in [1.54, 1.807) is 0 Å². The molecule has 1 heterocycles. The van der Waals surface area contributed by atoms with Crippen LogP contribution in [0, 0.1) is 25.2 Å². The number of benzene rings is 2. The predicted octanol–water partition coefficient (Wildman–Crippen LogP) is 4.27. The Bertz CT molecular complexity index is 1200. The fourth-order valence-corrected chi connectivity index (χ4v) is 3.53. The van der Waals surface area contributed by atoms with Gasteiger partial charge in [0, 0.05) is 17.3 Å². The molecule has 0 unspecified atom stereocenters. The first-order valence-corrected chi connectivity index (χ1v) is 9.66. The van der Waals surface area contributed by atoms with Gasteiger partial charge in [-0.3, -0.25) is 14.2 Å². The topological polar surface area (TPSA) is 79.0 Å². The maximum Gasteiger partial charge on any atom is 0.261 e. The van der Waals surface area contributed by atoms with E-state index in [2.05, 4.69) is 11.1 Å². The molecular weight excluding hydrogens is 411 g/mol. The summed E-state index contributed by atoms with van der Waals surface area (Å²) in [6.45, 7) is 3.95. The quantitative estimate of drug-likeness (QED) is 0.607. The fraction of sp³-hybridized carbons (Fsp3) is 0.238. The molecule has 0 saturated carbocycles. The first-order chi connectivity index (χ1) is 13.8. The zero-order chi connectivity index (χ0) is 21.1. The van der Waals surface area contributed by atoms with E-state index in [-0.39, 0.29) is 35.8 Å². The van der Waals surface area contributed by atoms with Crippen molar-refractivity contribution < 1.29 is 4.79 Å². The number of nitriles is 1. The van der Waals surface area contributed by atoms with E-state index in [0.29, 0.717) is 16.2 Å². The number of carbonyl (C=O) groups excluding carboxylic acids is 1. The van der Waals surface area contributed by atoms with Gasteiger partial charge in [-0.1, -0.05) is 29.3 Å². The highest BCUT2D eigenvalue weighted by molar-refractivity contribution is 6.38. The first kappa shape index (κ1) is 20.8. The Kier molecular flexibility index (Phi) is 6.21. The number of aromatic nitrogens is 2. The zero-order valence-electron chi connectivity index (χ0n) is 15.9. The van der Waals surface area contributed by atoms with Crippen molar-refractivity contribution in [2.75, 3.05) is 11.4 Å². The number of nitrogens with zero attached hydrogens (tertiary/aromatic N) is 4. The molecule has 1 aromatic heterocycles. The predicted molar refractivity (Wildman–Crippen MR) is 115 cm³/mol. The van der Waals surface area contributed by atoms with Crippen LogP contribution in [0.15, 0.2) is 41.5 Å². The summed E-state index contributed by atoms with van der Waals surface area (Å²) in [4.78, 5) is 31.6. The van der Waals surface area contributed by atoms with E-state index in [1.165, 1.54) is 27.9 Å². The Balaban J connectivity index is 1.97. The number of fused-ring (bicyclic) bond motifs is 1. The summed E-state index contributed by atoms with van der Waals surface area (Å²) in [5.41, 5.74) is 2.74. The number of halogens is 2. The first-order valence-electron chi connectivity index (χ1n) is 8.90. The van der Waals surface area contributed by atoms with E-state index < -0.39 is 5.56 Å². The lowest BCUT2D eigenvalue weighted by Crippen LogP contribution is -2.37. The molecule has 0 aliphatic carbocycles. The Hall–Kier alpha value is -2.88. The van der Waals surface area contributed by atoms with Crippen LogP contribution < -0.4 is 10.5 Å². The van der Waals surface area contributed by atoms with Crippen molar-refractivity contribution in [2.24, 2.45) is 0 Å².